The minimum absolute atomic E-state index is 0.0314. The van der Waals surface area contributed by atoms with Crippen LogP contribution in [0, 0.1) is 11.8 Å². The van der Waals surface area contributed by atoms with Crippen molar-refractivity contribution in [3.8, 4) is 0 Å². The van der Waals surface area contributed by atoms with Crippen molar-refractivity contribution in [1.82, 2.24) is 4.90 Å². The maximum absolute atomic E-state index is 11.8. The van der Waals surface area contributed by atoms with Gasteiger partial charge >= 0.3 is 5.97 Å². The smallest absolute Gasteiger partial charge is 0.308 e. The summed E-state index contributed by atoms with van der Waals surface area (Å²) in [5.41, 5.74) is 5.46. The van der Waals surface area contributed by atoms with Crippen molar-refractivity contribution in [2.24, 2.45) is 17.6 Å². The number of aliphatic carboxylic acids is 1. The number of carbonyl (C=O) groups excluding carboxylic acids is 1. The molecule has 0 aliphatic carbocycles. The first-order valence-corrected chi connectivity index (χ1v) is 5.75. The molecule has 92 valence electrons. The molecule has 1 unspecified atom stereocenters. The molecule has 0 radical (unpaired) electrons. The van der Waals surface area contributed by atoms with Gasteiger partial charge in [-0.2, -0.15) is 0 Å². The van der Waals surface area contributed by atoms with Gasteiger partial charge < -0.3 is 15.7 Å². The molecule has 1 heterocycles. The van der Waals surface area contributed by atoms with E-state index in [-0.39, 0.29) is 11.8 Å². The topological polar surface area (TPSA) is 83.6 Å². The van der Waals surface area contributed by atoms with Gasteiger partial charge in [0, 0.05) is 19.5 Å². The Morgan fingerprint density at radius 3 is 2.81 bits per heavy atom. The number of nitrogens with two attached hydrogens (primary N) is 1. The summed E-state index contributed by atoms with van der Waals surface area (Å²) < 4.78 is 0. The van der Waals surface area contributed by atoms with Crippen molar-refractivity contribution in [3.05, 3.63) is 0 Å². The molecule has 0 aromatic rings. The first-order valence-electron chi connectivity index (χ1n) is 5.75. The van der Waals surface area contributed by atoms with Crippen LogP contribution < -0.4 is 5.73 Å². The molecule has 16 heavy (non-hydrogen) atoms. The van der Waals surface area contributed by atoms with Crippen LogP contribution in [0.4, 0.5) is 0 Å². The van der Waals surface area contributed by atoms with Crippen molar-refractivity contribution in [2.45, 2.75) is 26.2 Å². The highest BCUT2D eigenvalue weighted by Gasteiger charge is 2.28. The third-order valence-corrected chi connectivity index (χ3v) is 3.05. The van der Waals surface area contributed by atoms with Crippen LogP contribution in [-0.4, -0.2) is 41.5 Å². The second-order valence-electron chi connectivity index (χ2n) is 4.56. The first kappa shape index (κ1) is 13.0. The van der Waals surface area contributed by atoms with Gasteiger partial charge in [-0.25, -0.2) is 0 Å². The largest absolute Gasteiger partial charge is 0.481 e. The lowest BCUT2D eigenvalue weighted by molar-refractivity contribution is -0.145. The maximum Gasteiger partial charge on any atom is 0.308 e. The van der Waals surface area contributed by atoms with E-state index in [9.17, 15) is 9.59 Å². The van der Waals surface area contributed by atoms with Crippen molar-refractivity contribution >= 4 is 11.9 Å². The molecule has 0 aromatic heterocycles. The fourth-order valence-corrected chi connectivity index (χ4v) is 1.92. The van der Waals surface area contributed by atoms with Crippen LogP contribution in [0.3, 0.4) is 0 Å². The van der Waals surface area contributed by atoms with Crippen LogP contribution in [0.2, 0.25) is 0 Å². The van der Waals surface area contributed by atoms with Crippen LogP contribution in [0.15, 0.2) is 0 Å². The van der Waals surface area contributed by atoms with Gasteiger partial charge in [-0.1, -0.05) is 6.92 Å². The number of piperidine rings is 1. The average molecular weight is 228 g/mol. The minimum Gasteiger partial charge on any atom is -0.481 e. The van der Waals surface area contributed by atoms with Crippen molar-refractivity contribution < 1.29 is 14.7 Å². The number of carbonyl (C=O) groups is 2. The molecule has 1 aliphatic rings. The summed E-state index contributed by atoms with van der Waals surface area (Å²) in [6, 6.07) is 0. The maximum atomic E-state index is 11.8. The minimum atomic E-state index is -0.802. The number of amides is 1. The average Bonchev–Trinajstić information content (AvgIpc) is 2.28. The van der Waals surface area contributed by atoms with E-state index in [1.165, 1.54) is 0 Å². The molecule has 1 amide bonds. The lowest BCUT2D eigenvalue weighted by atomic mass is 9.97. The van der Waals surface area contributed by atoms with Gasteiger partial charge in [0.15, 0.2) is 0 Å². The molecule has 0 spiro atoms. The fourth-order valence-electron chi connectivity index (χ4n) is 1.92. The molecule has 1 saturated heterocycles. The van der Waals surface area contributed by atoms with E-state index >= 15 is 0 Å². The third-order valence-electron chi connectivity index (χ3n) is 3.05. The van der Waals surface area contributed by atoms with Crippen LogP contribution in [-0.2, 0) is 9.59 Å². The SMILES string of the molecule is CC(CN)CC(=O)N1CCC[C@@H](C(=O)O)C1. The molecule has 0 saturated carbocycles. The van der Waals surface area contributed by atoms with E-state index in [0.29, 0.717) is 32.5 Å². The van der Waals surface area contributed by atoms with Crippen molar-refractivity contribution in [2.75, 3.05) is 19.6 Å². The van der Waals surface area contributed by atoms with Crippen LogP contribution >= 0.6 is 0 Å². The van der Waals surface area contributed by atoms with E-state index in [4.69, 9.17) is 10.8 Å². The van der Waals surface area contributed by atoms with Gasteiger partial charge in [-0.05, 0) is 25.3 Å². The van der Waals surface area contributed by atoms with Gasteiger partial charge in [0.05, 0.1) is 5.92 Å². The van der Waals surface area contributed by atoms with Gasteiger partial charge in [0.1, 0.15) is 0 Å². The Kier molecular flexibility index (Phi) is 4.73. The monoisotopic (exact) mass is 228 g/mol. The standard InChI is InChI=1S/C11H20N2O3/c1-8(6-12)5-10(14)13-4-2-3-9(7-13)11(15)16/h8-9H,2-7,12H2,1H3,(H,15,16)/t8?,9-/m1/s1. The van der Waals surface area contributed by atoms with Crippen molar-refractivity contribution in [3.63, 3.8) is 0 Å². The Morgan fingerprint density at radius 2 is 2.25 bits per heavy atom. The molecule has 3 N–H and O–H groups in total. The van der Waals surface area contributed by atoms with Gasteiger partial charge in [0.2, 0.25) is 5.91 Å². The van der Waals surface area contributed by atoms with Gasteiger partial charge in [-0.15, -0.1) is 0 Å². The molecular formula is C11H20N2O3. The first-order chi connectivity index (χ1) is 7.54. The molecule has 5 nitrogen and oxygen atoms in total. The second kappa shape index (κ2) is 5.84. The highest BCUT2D eigenvalue weighted by molar-refractivity contribution is 5.78. The number of carboxylic acid groups (broad SMARTS) is 1. The predicted molar refractivity (Wildman–Crippen MR) is 59.8 cm³/mol. The highest BCUT2D eigenvalue weighted by Crippen LogP contribution is 2.18. The van der Waals surface area contributed by atoms with E-state index in [2.05, 4.69) is 0 Å². The summed E-state index contributed by atoms with van der Waals surface area (Å²) in [4.78, 5) is 24.3. The number of hydrogen-bond acceptors (Lipinski definition) is 3. The van der Waals surface area contributed by atoms with E-state index in [1.54, 1.807) is 4.90 Å². The zero-order valence-electron chi connectivity index (χ0n) is 9.69. The number of hydrogen-bond donors (Lipinski definition) is 2. The Hall–Kier alpha value is -1.10. The summed E-state index contributed by atoms with van der Waals surface area (Å²) in [6.45, 7) is 3.45. The van der Waals surface area contributed by atoms with Crippen LogP contribution in [0.1, 0.15) is 26.2 Å². The molecule has 5 heteroatoms. The summed E-state index contributed by atoms with van der Waals surface area (Å²) in [7, 11) is 0. The zero-order valence-corrected chi connectivity index (χ0v) is 9.69. The van der Waals surface area contributed by atoms with E-state index in [1.807, 2.05) is 6.92 Å². The number of likely N-dealkylation sites (tertiary alicyclic amines) is 1. The normalized spacial score (nSPS) is 22.9. The zero-order chi connectivity index (χ0) is 12.1. The van der Waals surface area contributed by atoms with E-state index in [0.717, 1.165) is 6.42 Å². The molecule has 1 aliphatic heterocycles. The molecule has 2 atom stereocenters. The number of rotatable bonds is 4. The molecule has 1 rings (SSSR count). The molecule has 0 bridgehead atoms. The van der Waals surface area contributed by atoms with Gasteiger partial charge in [0.25, 0.3) is 0 Å². The summed E-state index contributed by atoms with van der Waals surface area (Å²) in [5.74, 6) is -1.00. The fraction of sp³-hybridized carbons (Fsp3) is 0.818. The number of carboxylic acids is 1. The summed E-state index contributed by atoms with van der Waals surface area (Å²) in [6.07, 6.45) is 1.87. The predicted octanol–water partition coefficient (Wildman–Crippen LogP) is 0.295. The Bertz CT molecular complexity index is 268. The summed E-state index contributed by atoms with van der Waals surface area (Å²) in [5, 5.41) is 8.91. The summed E-state index contributed by atoms with van der Waals surface area (Å²) >= 11 is 0. The molecule has 0 aromatic carbocycles. The Labute approximate surface area is 95.6 Å². The van der Waals surface area contributed by atoms with Crippen LogP contribution in [0.5, 0.6) is 0 Å². The quantitative estimate of drug-likeness (QED) is 0.724. The van der Waals surface area contributed by atoms with E-state index < -0.39 is 11.9 Å². The van der Waals surface area contributed by atoms with Crippen molar-refractivity contribution in [1.29, 1.82) is 0 Å². The molecule has 1 fully saturated rings. The Morgan fingerprint density at radius 1 is 1.56 bits per heavy atom. The highest BCUT2D eigenvalue weighted by atomic mass is 16.4. The Balaban J connectivity index is 2.47. The molecular weight excluding hydrogens is 208 g/mol. The second-order valence-corrected chi connectivity index (χ2v) is 4.56. The lowest BCUT2D eigenvalue weighted by Crippen LogP contribution is -2.43. The third kappa shape index (κ3) is 3.48. The van der Waals surface area contributed by atoms with Crippen LogP contribution in [0.25, 0.3) is 0 Å². The number of nitrogens with zero attached hydrogens (tertiary/aromatic N) is 1. The van der Waals surface area contributed by atoms with Gasteiger partial charge in [-0.3, -0.25) is 9.59 Å². The lowest BCUT2D eigenvalue weighted by Gasteiger charge is -2.31.